The van der Waals surface area contributed by atoms with Crippen LogP contribution >= 0.6 is 0 Å². The van der Waals surface area contributed by atoms with Gasteiger partial charge in [0.05, 0.1) is 19.3 Å². The topological polar surface area (TPSA) is 68.3 Å². The average Bonchev–Trinajstić information content (AvgIpc) is 2.34. The summed E-state index contributed by atoms with van der Waals surface area (Å²) in [5.41, 5.74) is 6.85. The first-order chi connectivity index (χ1) is 7.81. The predicted molar refractivity (Wildman–Crippen MR) is 61.0 cm³/mol. The molecule has 0 unspecified atom stereocenters. The van der Waals surface area contributed by atoms with Crippen LogP contribution in [0.25, 0.3) is 0 Å². The van der Waals surface area contributed by atoms with E-state index in [0.717, 1.165) is 12.0 Å². The molecule has 0 aromatic heterocycles. The first-order valence-corrected chi connectivity index (χ1v) is 5.16. The molecule has 0 aliphatic rings. The van der Waals surface area contributed by atoms with Crippen molar-refractivity contribution >= 4 is 0 Å². The highest BCUT2D eigenvalue weighted by atomic mass is 16.5. The molecule has 0 fully saturated rings. The highest BCUT2D eigenvalue weighted by molar-refractivity contribution is 5.45. The van der Waals surface area contributed by atoms with E-state index in [-0.39, 0.29) is 0 Å². The Balaban J connectivity index is 2.58. The summed E-state index contributed by atoms with van der Waals surface area (Å²) in [6.45, 7) is 1.77. The van der Waals surface area contributed by atoms with Crippen molar-refractivity contribution < 1.29 is 9.47 Å². The molecular formula is C12H16N2O2. The van der Waals surface area contributed by atoms with Crippen LogP contribution in [0.5, 0.6) is 5.75 Å². The number of nitrogens with two attached hydrogens (primary N) is 1. The van der Waals surface area contributed by atoms with Crippen LogP contribution in [0.1, 0.15) is 17.5 Å². The number of methoxy groups -OCH3 is 1. The van der Waals surface area contributed by atoms with Gasteiger partial charge in [-0.1, -0.05) is 6.07 Å². The van der Waals surface area contributed by atoms with Gasteiger partial charge in [0.15, 0.2) is 0 Å². The summed E-state index contributed by atoms with van der Waals surface area (Å²) in [4.78, 5) is 0. The molecule has 4 heteroatoms. The molecule has 86 valence electrons. The van der Waals surface area contributed by atoms with Gasteiger partial charge in [0.1, 0.15) is 11.8 Å². The van der Waals surface area contributed by atoms with Crippen LogP contribution in [0.15, 0.2) is 18.2 Å². The third kappa shape index (κ3) is 3.54. The van der Waals surface area contributed by atoms with Gasteiger partial charge in [0.2, 0.25) is 0 Å². The van der Waals surface area contributed by atoms with Crippen LogP contribution in [0.2, 0.25) is 0 Å². The Labute approximate surface area is 95.6 Å². The van der Waals surface area contributed by atoms with E-state index in [1.54, 1.807) is 19.2 Å². The van der Waals surface area contributed by atoms with Gasteiger partial charge in [-0.25, -0.2) is 0 Å². The molecule has 0 atom stereocenters. The smallest absolute Gasteiger partial charge is 0.136 e. The molecule has 0 amide bonds. The minimum Gasteiger partial charge on any atom is -0.495 e. The number of ether oxygens (including phenoxy) is 2. The lowest BCUT2D eigenvalue weighted by atomic mass is 10.1. The lowest BCUT2D eigenvalue weighted by Gasteiger charge is -2.06. The van der Waals surface area contributed by atoms with Gasteiger partial charge in [-0.05, 0) is 30.7 Å². The maximum atomic E-state index is 8.90. The summed E-state index contributed by atoms with van der Waals surface area (Å²) in [6.07, 6.45) is 0.848. The minimum atomic E-state index is 0.499. The van der Waals surface area contributed by atoms with Crippen molar-refractivity contribution in [3.05, 3.63) is 29.3 Å². The fourth-order valence-electron chi connectivity index (χ4n) is 1.31. The highest BCUT2D eigenvalue weighted by Crippen LogP contribution is 2.19. The van der Waals surface area contributed by atoms with Crippen molar-refractivity contribution in [3.8, 4) is 11.8 Å². The van der Waals surface area contributed by atoms with Crippen molar-refractivity contribution in [1.29, 1.82) is 5.26 Å². The van der Waals surface area contributed by atoms with Crippen LogP contribution in [0.4, 0.5) is 0 Å². The molecule has 0 aliphatic carbocycles. The largest absolute Gasteiger partial charge is 0.495 e. The first kappa shape index (κ1) is 12.5. The van der Waals surface area contributed by atoms with E-state index < -0.39 is 0 Å². The zero-order chi connectivity index (χ0) is 11.8. The molecule has 4 nitrogen and oxygen atoms in total. The van der Waals surface area contributed by atoms with Crippen LogP contribution in [0, 0.1) is 11.3 Å². The van der Waals surface area contributed by atoms with Gasteiger partial charge in [-0.2, -0.15) is 5.26 Å². The molecule has 1 aromatic rings. The number of nitrogens with zero attached hydrogens (tertiary/aromatic N) is 1. The molecule has 1 rings (SSSR count). The van der Waals surface area contributed by atoms with Crippen molar-refractivity contribution in [2.75, 3.05) is 20.3 Å². The van der Waals surface area contributed by atoms with E-state index >= 15 is 0 Å². The molecular weight excluding hydrogens is 204 g/mol. The fraction of sp³-hybridized carbons (Fsp3) is 0.417. The normalized spacial score (nSPS) is 9.81. The molecule has 0 radical (unpaired) electrons. The Morgan fingerprint density at radius 2 is 2.25 bits per heavy atom. The van der Waals surface area contributed by atoms with E-state index in [1.165, 1.54) is 0 Å². The van der Waals surface area contributed by atoms with Crippen LogP contribution in [-0.4, -0.2) is 20.3 Å². The van der Waals surface area contributed by atoms with E-state index in [2.05, 4.69) is 6.07 Å². The molecule has 0 heterocycles. The third-order valence-corrected chi connectivity index (χ3v) is 2.15. The van der Waals surface area contributed by atoms with Gasteiger partial charge in [0.25, 0.3) is 0 Å². The maximum absolute atomic E-state index is 8.90. The van der Waals surface area contributed by atoms with Gasteiger partial charge < -0.3 is 15.2 Å². The fourth-order valence-corrected chi connectivity index (χ4v) is 1.31. The molecule has 0 saturated heterocycles. The Morgan fingerprint density at radius 1 is 1.44 bits per heavy atom. The van der Waals surface area contributed by atoms with Crippen LogP contribution in [0.3, 0.4) is 0 Å². The van der Waals surface area contributed by atoms with E-state index in [4.69, 9.17) is 20.5 Å². The molecule has 0 spiro atoms. The Morgan fingerprint density at radius 3 is 2.88 bits per heavy atom. The minimum absolute atomic E-state index is 0.499. The molecule has 1 aromatic carbocycles. The third-order valence-electron chi connectivity index (χ3n) is 2.15. The molecule has 0 saturated carbocycles. The van der Waals surface area contributed by atoms with Crippen molar-refractivity contribution in [2.45, 2.75) is 13.0 Å². The summed E-state index contributed by atoms with van der Waals surface area (Å²) in [7, 11) is 1.55. The van der Waals surface area contributed by atoms with E-state index in [1.807, 2.05) is 6.07 Å². The quantitative estimate of drug-likeness (QED) is 0.736. The summed E-state index contributed by atoms with van der Waals surface area (Å²) < 4.78 is 10.5. The predicted octanol–water partition coefficient (Wildman–Crippen LogP) is 1.43. The number of hydrogen-bond acceptors (Lipinski definition) is 4. The summed E-state index contributed by atoms with van der Waals surface area (Å²) in [5, 5.41) is 8.90. The number of hydrogen-bond donors (Lipinski definition) is 1. The number of nitriles is 1. The Hall–Kier alpha value is -1.57. The number of rotatable bonds is 6. The second-order valence-corrected chi connectivity index (χ2v) is 3.34. The second-order valence-electron chi connectivity index (χ2n) is 3.34. The van der Waals surface area contributed by atoms with E-state index in [0.29, 0.717) is 31.1 Å². The van der Waals surface area contributed by atoms with Crippen LogP contribution in [-0.2, 0) is 11.3 Å². The van der Waals surface area contributed by atoms with Crippen molar-refractivity contribution in [1.82, 2.24) is 0 Å². The maximum Gasteiger partial charge on any atom is 0.136 e. The summed E-state index contributed by atoms with van der Waals surface area (Å²) in [6, 6.07) is 7.54. The van der Waals surface area contributed by atoms with E-state index in [9.17, 15) is 0 Å². The molecule has 0 aliphatic heterocycles. The first-order valence-electron chi connectivity index (χ1n) is 5.16. The summed E-state index contributed by atoms with van der Waals surface area (Å²) >= 11 is 0. The van der Waals surface area contributed by atoms with Gasteiger partial charge >= 0.3 is 0 Å². The Bertz CT molecular complexity index is 372. The zero-order valence-corrected chi connectivity index (χ0v) is 9.40. The zero-order valence-electron chi connectivity index (χ0n) is 9.40. The number of benzene rings is 1. The molecule has 2 N–H and O–H groups in total. The van der Waals surface area contributed by atoms with Gasteiger partial charge in [0, 0.05) is 6.61 Å². The molecule has 0 bridgehead atoms. The highest BCUT2D eigenvalue weighted by Gasteiger charge is 2.03. The Kier molecular flexibility index (Phi) is 5.34. The summed E-state index contributed by atoms with van der Waals surface area (Å²) in [5.74, 6) is 0.591. The van der Waals surface area contributed by atoms with Crippen molar-refractivity contribution in [2.24, 2.45) is 5.73 Å². The average molecular weight is 220 g/mol. The van der Waals surface area contributed by atoms with Gasteiger partial charge in [-0.3, -0.25) is 0 Å². The lowest BCUT2D eigenvalue weighted by Crippen LogP contribution is -2.04. The lowest BCUT2D eigenvalue weighted by molar-refractivity contribution is 0.120. The van der Waals surface area contributed by atoms with Gasteiger partial charge in [-0.15, -0.1) is 0 Å². The molecule has 16 heavy (non-hydrogen) atoms. The second kappa shape index (κ2) is 6.83. The SMILES string of the molecule is COc1ccc(COCCCN)cc1C#N. The monoisotopic (exact) mass is 220 g/mol. The van der Waals surface area contributed by atoms with Crippen LogP contribution < -0.4 is 10.5 Å². The van der Waals surface area contributed by atoms with Crippen molar-refractivity contribution in [3.63, 3.8) is 0 Å². The standard InChI is InChI=1S/C12H16N2O2/c1-15-12-4-3-10(7-11(12)8-14)9-16-6-2-5-13/h3-4,7H,2,5-6,9,13H2,1H3.